The molecule has 0 spiro atoms. The predicted molar refractivity (Wildman–Crippen MR) is 120 cm³/mol. The lowest BCUT2D eigenvalue weighted by molar-refractivity contribution is -0.154. The number of aryl methyl sites for hydroxylation is 1. The van der Waals surface area contributed by atoms with Gasteiger partial charge in [0.2, 0.25) is 24.0 Å². The number of amides is 3. The molecule has 2 rings (SSSR count). The van der Waals surface area contributed by atoms with Gasteiger partial charge in [0.05, 0.1) is 12.5 Å². The molecule has 1 heterocycles. The van der Waals surface area contributed by atoms with E-state index < -0.39 is 23.7 Å². The van der Waals surface area contributed by atoms with Crippen molar-refractivity contribution in [3.8, 4) is 0 Å². The van der Waals surface area contributed by atoms with Crippen molar-refractivity contribution in [3.63, 3.8) is 0 Å². The van der Waals surface area contributed by atoms with Crippen molar-refractivity contribution < 1.29 is 24.0 Å². The average Bonchev–Trinajstić information content (AvgIpc) is 3.30. The van der Waals surface area contributed by atoms with Crippen LogP contribution < -0.4 is 16.2 Å². The molecule has 11 nitrogen and oxygen atoms in total. The number of hydrogen-bond donors (Lipinski definition) is 4. The molecule has 1 aliphatic carbocycles. The van der Waals surface area contributed by atoms with Crippen molar-refractivity contribution in [3.05, 3.63) is 11.6 Å². The lowest BCUT2D eigenvalue weighted by Gasteiger charge is -2.23. The second-order valence-corrected chi connectivity index (χ2v) is 8.54. The minimum Gasteiger partial charge on any atom is -0.356 e. The highest BCUT2D eigenvalue weighted by Gasteiger charge is 2.28. The molecule has 4 N–H and O–H groups in total. The highest BCUT2D eigenvalue weighted by Crippen LogP contribution is 2.30. The van der Waals surface area contributed by atoms with E-state index in [-0.39, 0.29) is 36.3 Å². The van der Waals surface area contributed by atoms with Crippen molar-refractivity contribution in [1.29, 1.82) is 0 Å². The Morgan fingerprint density at radius 3 is 2.45 bits per heavy atom. The van der Waals surface area contributed by atoms with Gasteiger partial charge in [0.25, 0.3) is 0 Å². The van der Waals surface area contributed by atoms with Gasteiger partial charge in [0.15, 0.2) is 11.6 Å². The number of carbonyl (C=O) groups excluding carboxylic acids is 3. The first kappa shape index (κ1) is 26.2. The van der Waals surface area contributed by atoms with Crippen LogP contribution in [-0.2, 0) is 14.4 Å². The lowest BCUT2D eigenvalue weighted by Crippen LogP contribution is -2.41. The van der Waals surface area contributed by atoms with Crippen LogP contribution in [-0.4, -0.2) is 70.0 Å². The molecule has 1 aliphatic rings. The van der Waals surface area contributed by atoms with E-state index in [2.05, 4.69) is 26.1 Å². The summed E-state index contributed by atoms with van der Waals surface area (Å²) in [5.74, 6) is -2.12. The van der Waals surface area contributed by atoms with Gasteiger partial charge in [-0.25, -0.2) is 15.0 Å². The minimum atomic E-state index is -0.852. The molecule has 0 aromatic carbocycles. The summed E-state index contributed by atoms with van der Waals surface area (Å²) in [5, 5.41) is 12.8. The van der Waals surface area contributed by atoms with Crippen LogP contribution in [0.1, 0.15) is 51.3 Å². The smallest absolute Gasteiger partial charge is 0.244 e. The van der Waals surface area contributed by atoms with Gasteiger partial charge in [0, 0.05) is 14.1 Å². The van der Waals surface area contributed by atoms with E-state index in [1.54, 1.807) is 27.9 Å². The van der Waals surface area contributed by atoms with Crippen LogP contribution in [0.2, 0.25) is 0 Å². The Bertz CT molecular complexity index is 833. The maximum absolute atomic E-state index is 15.0. The number of hydrazine groups is 1. The minimum absolute atomic E-state index is 0.161. The van der Waals surface area contributed by atoms with Crippen LogP contribution in [0.25, 0.3) is 0 Å². The Balaban J connectivity index is 2.12. The zero-order chi connectivity index (χ0) is 24.5. The topological polar surface area (TPSA) is 140 Å². The molecule has 2 atom stereocenters. The molecule has 0 bridgehead atoms. The largest absolute Gasteiger partial charge is 0.356 e. The predicted octanol–water partition coefficient (Wildman–Crippen LogP) is 1.69. The van der Waals surface area contributed by atoms with Gasteiger partial charge >= 0.3 is 0 Å². The fraction of sp³-hybridized carbons (Fsp3) is 0.667. The van der Waals surface area contributed by atoms with Crippen molar-refractivity contribution in [1.82, 2.24) is 25.4 Å². The van der Waals surface area contributed by atoms with E-state index in [1.165, 1.54) is 4.90 Å². The maximum Gasteiger partial charge on any atom is 0.244 e. The van der Waals surface area contributed by atoms with E-state index in [9.17, 15) is 19.6 Å². The standard InChI is InChI=1S/C21H34FN7O4/c1-5-16(21(32)28(3)4)25-18-17(22)19(24-13(2)23-18)26-27-20(31)15(11-29(33)12-30)10-14-8-6-7-9-14/h12,14-16,33H,5-11H2,1-4H3,(H,27,31)(H2,23,24,25,26)/t15-,16+/m1/s1. The highest BCUT2D eigenvalue weighted by molar-refractivity contribution is 5.84. The van der Waals surface area contributed by atoms with Crippen LogP contribution in [0.4, 0.5) is 16.0 Å². The van der Waals surface area contributed by atoms with Crippen molar-refractivity contribution in [2.75, 3.05) is 31.4 Å². The summed E-state index contributed by atoms with van der Waals surface area (Å²) in [7, 11) is 3.22. The highest BCUT2D eigenvalue weighted by atomic mass is 19.1. The monoisotopic (exact) mass is 467 g/mol. The molecule has 3 amide bonds. The van der Waals surface area contributed by atoms with E-state index in [4.69, 9.17) is 0 Å². The van der Waals surface area contributed by atoms with E-state index >= 15 is 4.39 Å². The molecular formula is C21H34FN7O4. The number of anilines is 2. The Labute approximate surface area is 193 Å². The Kier molecular flexibility index (Phi) is 9.76. The number of halogens is 1. The van der Waals surface area contributed by atoms with Gasteiger partial charge < -0.3 is 10.2 Å². The quantitative estimate of drug-likeness (QED) is 0.207. The molecular weight excluding hydrogens is 433 g/mol. The summed E-state index contributed by atoms with van der Waals surface area (Å²) in [6.45, 7) is 3.18. The van der Waals surface area contributed by atoms with Crippen molar-refractivity contribution >= 4 is 29.9 Å². The number of hydroxylamine groups is 2. The van der Waals surface area contributed by atoms with Gasteiger partial charge in [-0.15, -0.1) is 0 Å². The lowest BCUT2D eigenvalue weighted by atomic mass is 9.92. The molecule has 0 unspecified atom stereocenters. The zero-order valence-electron chi connectivity index (χ0n) is 19.6. The summed E-state index contributed by atoms with van der Waals surface area (Å²) >= 11 is 0. The molecule has 0 aliphatic heterocycles. The number of carbonyl (C=O) groups is 3. The van der Waals surface area contributed by atoms with E-state index in [1.807, 2.05) is 0 Å². The van der Waals surface area contributed by atoms with Gasteiger partial charge in [-0.3, -0.25) is 30.4 Å². The van der Waals surface area contributed by atoms with Crippen LogP contribution in [0.5, 0.6) is 0 Å². The average molecular weight is 468 g/mol. The van der Waals surface area contributed by atoms with Crippen molar-refractivity contribution in [2.24, 2.45) is 11.8 Å². The second-order valence-electron chi connectivity index (χ2n) is 8.54. The zero-order valence-corrected chi connectivity index (χ0v) is 19.6. The number of aromatic nitrogens is 2. The third-order valence-corrected chi connectivity index (χ3v) is 5.72. The first-order valence-electron chi connectivity index (χ1n) is 11.1. The van der Waals surface area contributed by atoms with Gasteiger partial charge in [-0.2, -0.15) is 4.39 Å². The van der Waals surface area contributed by atoms with Crippen molar-refractivity contribution in [2.45, 2.75) is 58.4 Å². The number of hydrogen-bond acceptors (Lipinski definition) is 8. The normalized spacial score (nSPS) is 15.5. The number of nitrogens with zero attached hydrogens (tertiary/aromatic N) is 4. The first-order chi connectivity index (χ1) is 15.7. The molecule has 1 aromatic rings. The summed E-state index contributed by atoms with van der Waals surface area (Å²) in [5.41, 5.74) is 4.91. The Morgan fingerprint density at radius 1 is 1.24 bits per heavy atom. The fourth-order valence-electron chi connectivity index (χ4n) is 3.96. The second kappa shape index (κ2) is 12.3. The van der Waals surface area contributed by atoms with Gasteiger partial charge in [-0.1, -0.05) is 32.6 Å². The molecule has 33 heavy (non-hydrogen) atoms. The molecule has 1 saturated carbocycles. The molecule has 0 saturated heterocycles. The summed E-state index contributed by atoms with van der Waals surface area (Å²) in [4.78, 5) is 45.3. The fourth-order valence-corrected chi connectivity index (χ4v) is 3.96. The third kappa shape index (κ3) is 7.52. The molecule has 1 fully saturated rings. The SMILES string of the molecule is CC[C@H](Nc1nc(C)nc(NNC(=O)[C@H](CC2CCCC2)CN(O)C=O)c1F)C(=O)N(C)C. The number of nitrogens with one attached hydrogen (secondary N) is 3. The third-order valence-electron chi connectivity index (χ3n) is 5.72. The molecule has 184 valence electrons. The van der Waals surface area contributed by atoms with Crippen LogP contribution >= 0.6 is 0 Å². The molecule has 0 radical (unpaired) electrons. The van der Waals surface area contributed by atoms with Gasteiger partial charge in [0.1, 0.15) is 11.9 Å². The maximum atomic E-state index is 15.0. The van der Waals surface area contributed by atoms with Crippen LogP contribution in [0, 0.1) is 24.6 Å². The van der Waals surface area contributed by atoms with Crippen LogP contribution in [0.15, 0.2) is 0 Å². The van der Waals surface area contributed by atoms with Crippen LogP contribution in [0.3, 0.4) is 0 Å². The van der Waals surface area contributed by atoms with Gasteiger partial charge in [-0.05, 0) is 25.7 Å². The molecule has 12 heteroatoms. The number of likely N-dealkylation sites (N-methyl/N-ethyl adjacent to an activating group) is 1. The summed E-state index contributed by atoms with van der Waals surface area (Å²) in [6, 6.07) is -0.680. The summed E-state index contributed by atoms with van der Waals surface area (Å²) in [6.07, 6.45) is 5.31. The first-order valence-corrected chi connectivity index (χ1v) is 11.1. The Morgan fingerprint density at radius 2 is 1.88 bits per heavy atom. The van der Waals surface area contributed by atoms with E-state index in [0.717, 1.165) is 25.7 Å². The van der Waals surface area contributed by atoms with E-state index in [0.29, 0.717) is 23.8 Å². The molecule has 1 aromatic heterocycles. The number of rotatable bonds is 12. The Hall–Kier alpha value is -3.02. The summed E-state index contributed by atoms with van der Waals surface area (Å²) < 4.78 is 15.0.